The highest BCUT2D eigenvalue weighted by atomic mass is 16.4. The van der Waals surface area contributed by atoms with E-state index in [0.717, 1.165) is 6.42 Å². The number of aliphatic hydroxyl groups excluding tert-OH is 1. The number of nitrogens with one attached hydrogen (secondary N) is 1. The summed E-state index contributed by atoms with van der Waals surface area (Å²) in [6.45, 7) is 1.55. The van der Waals surface area contributed by atoms with Crippen LogP contribution in [-0.2, 0) is 9.59 Å². The van der Waals surface area contributed by atoms with Gasteiger partial charge in [-0.1, -0.05) is 12.2 Å². The fraction of sp³-hybridized carbons (Fsp3) is 0.667. The van der Waals surface area contributed by atoms with Crippen molar-refractivity contribution >= 4 is 11.9 Å². The van der Waals surface area contributed by atoms with E-state index in [2.05, 4.69) is 5.32 Å². The lowest BCUT2D eigenvalue weighted by Crippen LogP contribution is -2.44. The van der Waals surface area contributed by atoms with E-state index >= 15 is 0 Å². The van der Waals surface area contributed by atoms with Gasteiger partial charge in [-0.25, -0.2) is 0 Å². The molecule has 3 N–H and O–H groups in total. The standard InChI is InChI=1S/C12H17NO4/c1-6(5-14)13-11(15)9-7-2-3-8(4-7)10(9)12(16)17/h2-3,6-10,14H,4-5H2,1H3,(H,13,15)(H,16,17)/t6-,7?,8?,9?,10?/m0/s1. The zero-order valence-corrected chi connectivity index (χ0v) is 9.67. The number of hydrogen-bond donors (Lipinski definition) is 3. The van der Waals surface area contributed by atoms with E-state index in [9.17, 15) is 14.7 Å². The molecule has 94 valence electrons. The SMILES string of the molecule is C[C@@H](CO)NC(=O)C1C2C=CC(C2)C1C(=O)O. The normalized spacial score (nSPS) is 35.9. The van der Waals surface area contributed by atoms with Crippen molar-refractivity contribution in [2.45, 2.75) is 19.4 Å². The van der Waals surface area contributed by atoms with Gasteiger partial charge < -0.3 is 15.5 Å². The number of amides is 1. The number of rotatable bonds is 4. The zero-order valence-electron chi connectivity index (χ0n) is 9.67. The molecule has 0 heterocycles. The van der Waals surface area contributed by atoms with Crippen LogP contribution in [0.1, 0.15) is 13.3 Å². The maximum atomic E-state index is 12.0. The monoisotopic (exact) mass is 239 g/mol. The first kappa shape index (κ1) is 12.1. The summed E-state index contributed by atoms with van der Waals surface area (Å²) < 4.78 is 0. The minimum atomic E-state index is -0.904. The molecule has 0 aromatic carbocycles. The van der Waals surface area contributed by atoms with Crippen LogP contribution < -0.4 is 5.32 Å². The molecule has 0 saturated heterocycles. The van der Waals surface area contributed by atoms with Crippen LogP contribution in [0.5, 0.6) is 0 Å². The Morgan fingerprint density at radius 2 is 1.94 bits per heavy atom. The number of carbonyl (C=O) groups excluding carboxylic acids is 1. The molecule has 0 aromatic rings. The van der Waals surface area contributed by atoms with Gasteiger partial charge in [-0.15, -0.1) is 0 Å². The number of fused-ring (bicyclic) bond motifs is 2. The highest BCUT2D eigenvalue weighted by molar-refractivity contribution is 5.87. The number of carboxylic acids is 1. The molecule has 5 heteroatoms. The first-order valence-corrected chi connectivity index (χ1v) is 5.87. The van der Waals surface area contributed by atoms with Crippen molar-refractivity contribution in [1.29, 1.82) is 0 Å². The highest BCUT2D eigenvalue weighted by Crippen LogP contribution is 2.48. The molecule has 1 saturated carbocycles. The van der Waals surface area contributed by atoms with Crippen molar-refractivity contribution in [3.8, 4) is 0 Å². The van der Waals surface area contributed by atoms with Crippen molar-refractivity contribution in [1.82, 2.24) is 5.32 Å². The molecule has 5 atom stereocenters. The van der Waals surface area contributed by atoms with Crippen LogP contribution in [-0.4, -0.2) is 34.7 Å². The summed E-state index contributed by atoms with van der Waals surface area (Å²) in [7, 11) is 0. The predicted molar refractivity (Wildman–Crippen MR) is 60.0 cm³/mol. The molecule has 2 bridgehead atoms. The minimum absolute atomic E-state index is 0.0160. The molecule has 0 aromatic heterocycles. The number of aliphatic hydroxyl groups is 1. The van der Waals surface area contributed by atoms with Gasteiger partial charge in [-0.05, 0) is 25.2 Å². The quantitative estimate of drug-likeness (QED) is 0.603. The third kappa shape index (κ3) is 2.07. The molecular weight excluding hydrogens is 222 g/mol. The van der Waals surface area contributed by atoms with Gasteiger partial charge in [0.15, 0.2) is 0 Å². The molecular formula is C12H17NO4. The van der Waals surface area contributed by atoms with Crippen LogP contribution in [0.4, 0.5) is 0 Å². The number of allylic oxidation sites excluding steroid dienone is 2. The van der Waals surface area contributed by atoms with Crippen molar-refractivity contribution in [2.75, 3.05) is 6.61 Å². The second-order valence-corrected chi connectivity index (χ2v) is 4.93. The Kier molecular flexibility index (Phi) is 3.19. The molecule has 0 aliphatic heterocycles. The molecule has 2 aliphatic carbocycles. The van der Waals surface area contributed by atoms with Gasteiger partial charge in [0, 0.05) is 6.04 Å². The second kappa shape index (κ2) is 4.49. The maximum Gasteiger partial charge on any atom is 0.307 e. The molecule has 4 unspecified atom stereocenters. The Hall–Kier alpha value is -1.36. The van der Waals surface area contributed by atoms with Gasteiger partial charge in [0.05, 0.1) is 18.4 Å². The Morgan fingerprint density at radius 3 is 2.47 bits per heavy atom. The maximum absolute atomic E-state index is 12.0. The average molecular weight is 239 g/mol. The third-order valence-corrected chi connectivity index (χ3v) is 3.71. The molecule has 1 amide bonds. The summed E-state index contributed by atoms with van der Waals surface area (Å²) in [5.41, 5.74) is 0. The summed E-state index contributed by atoms with van der Waals surface area (Å²) in [4.78, 5) is 23.2. The van der Waals surface area contributed by atoms with Crippen LogP contribution in [0.2, 0.25) is 0 Å². The van der Waals surface area contributed by atoms with E-state index in [-0.39, 0.29) is 30.4 Å². The first-order chi connectivity index (χ1) is 8.04. The van der Waals surface area contributed by atoms with E-state index < -0.39 is 17.8 Å². The van der Waals surface area contributed by atoms with E-state index in [0.29, 0.717) is 0 Å². The Labute approximate surface area is 99.5 Å². The largest absolute Gasteiger partial charge is 0.481 e. The predicted octanol–water partition coefficient (Wildman–Crippen LogP) is 0.00630. The molecule has 2 aliphatic rings. The van der Waals surface area contributed by atoms with Crippen molar-refractivity contribution in [2.24, 2.45) is 23.7 Å². The van der Waals surface area contributed by atoms with Crippen LogP contribution in [0, 0.1) is 23.7 Å². The van der Waals surface area contributed by atoms with E-state index in [1.54, 1.807) is 6.92 Å². The second-order valence-electron chi connectivity index (χ2n) is 4.93. The smallest absolute Gasteiger partial charge is 0.307 e. The number of carboxylic acid groups (broad SMARTS) is 1. The molecule has 5 nitrogen and oxygen atoms in total. The van der Waals surface area contributed by atoms with Gasteiger partial charge in [-0.2, -0.15) is 0 Å². The fourth-order valence-electron chi connectivity index (χ4n) is 2.90. The average Bonchev–Trinajstić information content (AvgIpc) is 2.87. The Morgan fingerprint density at radius 1 is 1.35 bits per heavy atom. The van der Waals surface area contributed by atoms with E-state index in [1.165, 1.54) is 0 Å². The fourth-order valence-corrected chi connectivity index (χ4v) is 2.90. The number of aliphatic carboxylic acids is 1. The number of hydrogen-bond acceptors (Lipinski definition) is 3. The summed E-state index contributed by atoms with van der Waals surface area (Å²) in [6.07, 6.45) is 4.60. The molecule has 1 fully saturated rings. The molecule has 0 radical (unpaired) electrons. The summed E-state index contributed by atoms with van der Waals surface area (Å²) in [6, 6.07) is -0.333. The Bertz CT molecular complexity index is 366. The van der Waals surface area contributed by atoms with Gasteiger partial charge in [0.2, 0.25) is 5.91 Å². The van der Waals surface area contributed by atoms with Gasteiger partial charge >= 0.3 is 5.97 Å². The topological polar surface area (TPSA) is 86.6 Å². The lowest BCUT2D eigenvalue weighted by atomic mass is 9.82. The third-order valence-electron chi connectivity index (χ3n) is 3.71. The molecule has 0 spiro atoms. The summed E-state index contributed by atoms with van der Waals surface area (Å²) >= 11 is 0. The summed E-state index contributed by atoms with van der Waals surface area (Å²) in [5.74, 6) is -2.24. The lowest BCUT2D eigenvalue weighted by Gasteiger charge is -2.25. The van der Waals surface area contributed by atoms with Gasteiger partial charge in [0.1, 0.15) is 0 Å². The van der Waals surface area contributed by atoms with E-state index in [1.807, 2.05) is 12.2 Å². The highest BCUT2D eigenvalue weighted by Gasteiger charge is 2.51. The van der Waals surface area contributed by atoms with Crippen LogP contribution in [0.25, 0.3) is 0 Å². The van der Waals surface area contributed by atoms with E-state index in [4.69, 9.17) is 5.11 Å². The zero-order chi connectivity index (χ0) is 12.6. The number of carbonyl (C=O) groups is 2. The van der Waals surface area contributed by atoms with Crippen molar-refractivity contribution in [3.63, 3.8) is 0 Å². The first-order valence-electron chi connectivity index (χ1n) is 5.87. The van der Waals surface area contributed by atoms with Crippen LogP contribution in [0.15, 0.2) is 12.2 Å². The lowest BCUT2D eigenvalue weighted by molar-refractivity contribution is -0.148. The van der Waals surface area contributed by atoms with Crippen LogP contribution in [0.3, 0.4) is 0 Å². The Balaban J connectivity index is 2.11. The minimum Gasteiger partial charge on any atom is -0.481 e. The van der Waals surface area contributed by atoms with Gasteiger partial charge in [-0.3, -0.25) is 9.59 Å². The van der Waals surface area contributed by atoms with Crippen LogP contribution >= 0.6 is 0 Å². The van der Waals surface area contributed by atoms with Crippen molar-refractivity contribution in [3.05, 3.63) is 12.2 Å². The molecule has 17 heavy (non-hydrogen) atoms. The van der Waals surface area contributed by atoms with Crippen molar-refractivity contribution < 1.29 is 19.8 Å². The summed E-state index contributed by atoms with van der Waals surface area (Å²) in [5, 5.41) is 20.7. The molecule has 2 rings (SSSR count). The van der Waals surface area contributed by atoms with Gasteiger partial charge in [0.25, 0.3) is 0 Å².